The summed E-state index contributed by atoms with van der Waals surface area (Å²) in [6.45, 7) is 3.80. The van der Waals surface area contributed by atoms with Crippen molar-refractivity contribution in [3.8, 4) is 11.4 Å². The number of nitrogens with two attached hydrogens (primary N) is 1. The molecule has 130 valence electrons. The van der Waals surface area contributed by atoms with Crippen LogP contribution in [0.4, 0.5) is 10.2 Å². The molecule has 6 nitrogen and oxygen atoms in total. The zero-order valence-electron chi connectivity index (χ0n) is 14.1. The van der Waals surface area contributed by atoms with Gasteiger partial charge in [0.05, 0.1) is 5.69 Å². The molecule has 4 heterocycles. The second-order valence-electron chi connectivity index (χ2n) is 6.68. The molecular formula is C18H21FN6. The van der Waals surface area contributed by atoms with Crippen LogP contribution in [0, 0.1) is 11.7 Å². The Bertz CT molecular complexity index is 890. The van der Waals surface area contributed by atoms with Crippen LogP contribution >= 0.6 is 0 Å². The molecule has 1 aliphatic heterocycles. The second kappa shape index (κ2) is 6.40. The van der Waals surface area contributed by atoms with Crippen molar-refractivity contribution >= 4 is 16.9 Å². The fourth-order valence-electron chi connectivity index (χ4n) is 3.46. The molecule has 1 aliphatic rings. The molecule has 2 unspecified atom stereocenters. The van der Waals surface area contributed by atoms with Gasteiger partial charge in [0.2, 0.25) is 0 Å². The summed E-state index contributed by atoms with van der Waals surface area (Å²) < 4.78 is 14.5. The largest absolute Gasteiger partial charge is 0.356 e. The number of anilines is 1. The van der Waals surface area contributed by atoms with Gasteiger partial charge < -0.3 is 10.6 Å². The highest BCUT2D eigenvalue weighted by molar-refractivity contribution is 5.89. The molecule has 25 heavy (non-hydrogen) atoms. The van der Waals surface area contributed by atoms with E-state index in [2.05, 4.69) is 25.1 Å². The molecule has 3 aromatic heterocycles. The number of hydrogen-bond acceptors (Lipinski definition) is 5. The molecule has 0 radical (unpaired) electrons. The minimum absolute atomic E-state index is 0.144. The molecule has 0 bridgehead atoms. The highest BCUT2D eigenvalue weighted by atomic mass is 19.1. The number of rotatable bonds is 3. The summed E-state index contributed by atoms with van der Waals surface area (Å²) >= 11 is 0. The first-order valence-electron chi connectivity index (χ1n) is 8.60. The Kier molecular flexibility index (Phi) is 4.09. The van der Waals surface area contributed by atoms with Gasteiger partial charge in [-0.3, -0.25) is 5.10 Å². The first kappa shape index (κ1) is 16.0. The summed E-state index contributed by atoms with van der Waals surface area (Å²) in [6.07, 6.45) is 3.85. The van der Waals surface area contributed by atoms with Crippen LogP contribution in [0.1, 0.15) is 19.8 Å². The van der Waals surface area contributed by atoms with Gasteiger partial charge in [-0.1, -0.05) is 0 Å². The molecular weight excluding hydrogens is 319 g/mol. The lowest BCUT2D eigenvalue weighted by molar-refractivity contribution is 0.363. The van der Waals surface area contributed by atoms with Gasteiger partial charge in [0.25, 0.3) is 0 Å². The summed E-state index contributed by atoms with van der Waals surface area (Å²) in [4.78, 5) is 11.0. The molecule has 0 amide bonds. The van der Waals surface area contributed by atoms with Crippen LogP contribution in [0.3, 0.4) is 0 Å². The Hall–Kier alpha value is -2.54. The van der Waals surface area contributed by atoms with Gasteiger partial charge in [-0.25, -0.2) is 14.4 Å². The lowest BCUT2D eigenvalue weighted by Gasteiger charge is -2.35. The molecule has 4 rings (SSSR count). The molecule has 0 aliphatic carbocycles. The monoisotopic (exact) mass is 340 g/mol. The number of halogens is 1. The third kappa shape index (κ3) is 2.95. The molecule has 0 saturated carbocycles. The number of nitrogens with zero attached hydrogens (tertiary/aromatic N) is 4. The van der Waals surface area contributed by atoms with Gasteiger partial charge in [-0.15, -0.1) is 0 Å². The van der Waals surface area contributed by atoms with Crippen molar-refractivity contribution in [3.63, 3.8) is 0 Å². The number of aromatic amines is 1. The summed E-state index contributed by atoms with van der Waals surface area (Å²) in [7, 11) is 0. The summed E-state index contributed by atoms with van der Waals surface area (Å²) in [5, 5.41) is 7.78. The second-order valence-corrected chi connectivity index (χ2v) is 6.68. The number of fused-ring (bicyclic) bond motifs is 1. The van der Waals surface area contributed by atoms with E-state index in [0.29, 0.717) is 17.3 Å². The topological polar surface area (TPSA) is 83.7 Å². The number of hydrogen-bond donors (Lipinski definition) is 2. The smallest absolute Gasteiger partial charge is 0.181 e. The van der Waals surface area contributed by atoms with Gasteiger partial charge in [0.15, 0.2) is 11.5 Å². The number of H-pyrrole nitrogens is 1. The van der Waals surface area contributed by atoms with E-state index >= 15 is 0 Å². The van der Waals surface area contributed by atoms with Crippen molar-refractivity contribution in [2.24, 2.45) is 11.7 Å². The van der Waals surface area contributed by atoms with E-state index < -0.39 is 0 Å². The predicted octanol–water partition coefficient (Wildman–Crippen LogP) is 2.72. The highest BCUT2D eigenvalue weighted by Gasteiger charge is 2.24. The van der Waals surface area contributed by atoms with Crippen molar-refractivity contribution in [2.45, 2.75) is 25.8 Å². The van der Waals surface area contributed by atoms with E-state index in [-0.39, 0.29) is 17.6 Å². The minimum Gasteiger partial charge on any atom is -0.356 e. The van der Waals surface area contributed by atoms with Gasteiger partial charge in [-0.2, -0.15) is 5.10 Å². The number of nitrogens with one attached hydrogen (secondary N) is 1. The maximum absolute atomic E-state index is 14.5. The number of piperidine rings is 1. The van der Waals surface area contributed by atoms with Crippen molar-refractivity contribution in [3.05, 3.63) is 36.3 Å². The zero-order chi connectivity index (χ0) is 17.4. The lowest BCUT2D eigenvalue weighted by Crippen LogP contribution is -2.42. The Morgan fingerprint density at radius 3 is 3.08 bits per heavy atom. The maximum atomic E-state index is 14.5. The lowest BCUT2D eigenvalue weighted by atomic mass is 9.92. The van der Waals surface area contributed by atoms with E-state index in [1.807, 2.05) is 13.0 Å². The zero-order valence-corrected chi connectivity index (χ0v) is 14.1. The van der Waals surface area contributed by atoms with E-state index in [1.54, 1.807) is 18.3 Å². The van der Waals surface area contributed by atoms with Crippen molar-refractivity contribution in [1.82, 2.24) is 20.2 Å². The third-order valence-electron chi connectivity index (χ3n) is 4.92. The molecule has 1 saturated heterocycles. The Balaban J connectivity index is 1.72. The number of pyridine rings is 2. The van der Waals surface area contributed by atoms with Crippen LogP contribution in [0.25, 0.3) is 22.4 Å². The van der Waals surface area contributed by atoms with Gasteiger partial charge >= 0.3 is 0 Å². The molecule has 0 spiro atoms. The molecule has 7 heteroatoms. The SMILES string of the molecule is CC(N)C1CCCN(c2ccc(F)c(-c3[nH]nc4ncccc34)n2)C1. The van der Waals surface area contributed by atoms with Gasteiger partial charge in [-0.05, 0) is 49.9 Å². The Morgan fingerprint density at radius 2 is 2.24 bits per heavy atom. The van der Waals surface area contributed by atoms with Crippen LogP contribution in [-0.4, -0.2) is 39.3 Å². The van der Waals surface area contributed by atoms with E-state index in [4.69, 9.17) is 5.73 Å². The highest BCUT2D eigenvalue weighted by Crippen LogP contribution is 2.29. The van der Waals surface area contributed by atoms with E-state index in [9.17, 15) is 4.39 Å². The van der Waals surface area contributed by atoms with Crippen molar-refractivity contribution in [2.75, 3.05) is 18.0 Å². The molecule has 3 N–H and O–H groups in total. The normalized spacial score (nSPS) is 19.3. The average molecular weight is 340 g/mol. The van der Waals surface area contributed by atoms with E-state index in [1.165, 1.54) is 6.07 Å². The maximum Gasteiger partial charge on any atom is 0.181 e. The fraction of sp³-hybridized carbons (Fsp3) is 0.389. The van der Waals surface area contributed by atoms with Crippen LogP contribution in [0.2, 0.25) is 0 Å². The first-order chi connectivity index (χ1) is 12.1. The predicted molar refractivity (Wildman–Crippen MR) is 95.7 cm³/mol. The third-order valence-corrected chi connectivity index (χ3v) is 4.92. The van der Waals surface area contributed by atoms with Crippen LogP contribution in [0.5, 0.6) is 0 Å². The van der Waals surface area contributed by atoms with Crippen LogP contribution < -0.4 is 10.6 Å². The van der Waals surface area contributed by atoms with Crippen LogP contribution in [0.15, 0.2) is 30.5 Å². The quantitative estimate of drug-likeness (QED) is 0.766. The summed E-state index contributed by atoms with van der Waals surface area (Å²) in [6, 6.07) is 7.02. The summed E-state index contributed by atoms with van der Waals surface area (Å²) in [5.74, 6) is 0.827. The fourth-order valence-corrected chi connectivity index (χ4v) is 3.46. The minimum atomic E-state index is -0.376. The number of aromatic nitrogens is 4. The summed E-state index contributed by atoms with van der Waals surface area (Å²) in [5.41, 5.74) is 7.46. The molecule has 1 fully saturated rings. The Labute approximate surface area is 145 Å². The molecule has 2 atom stereocenters. The van der Waals surface area contributed by atoms with Gasteiger partial charge in [0, 0.05) is 30.7 Å². The molecule has 0 aromatic carbocycles. The van der Waals surface area contributed by atoms with Crippen molar-refractivity contribution in [1.29, 1.82) is 0 Å². The van der Waals surface area contributed by atoms with Crippen LogP contribution in [-0.2, 0) is 0 Å². The standard InChI is InChI=1S/C18H21FN6/c1-11(20)12-4-3-9-25(10-12)15-7-6-14(19)17(22-15)16-13-5-2-8-21-18(13)24-23-16/h2,5-8,11-12H,3-4,9-10,20H2,1H3,(H,21,23,24). The van der Waals surface area contributed by atoms with Crippen molar-refractivity contribution < 1.29 is 4.39 Å². The Morgan fingerprint density at radius 1 is 1.36 bits per heavy atom. The van der Waals surface area contributed by atoms with E-state index in [0.717, 1.165) is 37.1 Å². The van der Waals surface area contributed by atoms with Gasteiger partial charge in [0.1, 0.15) is 11.5 Å². The molecule has 3 aromatic rings. The first-order valence-corrected chi connectivity index (χ1v) is 8.60. The average Bonchev–Trinajstić information content (AvgIpc) is 3.06.